The van der Waals surface area contributed by atoms with E-state index >= 15 is 0 Å². The van der Waals surface area contributed by atoms with Crippen LogP contribution in [0.15, 0.2) is 219 Å². The van der Waals surface area contributed by atoms with Crippen LogP contribution in [0.1, 0.15) is 39.3 Å². The van der Waals surface area contributed by atoms with Gasteiger partial charge < -0.3 is 0 Å². The first-order valence-corrected chi connectivity index (χ1v) is 20.9. The third kappa shape index (κ3) is 6.27. The minimum atomic E-state index is 0.172. The molecule has 0 nitrogen and oxygen atoms in total. The highest BCUT2D eigenvalue weighted by Crippen LogP contribution is 2.44. The predicted molar refractivity (Wildman–Crippen MR) is 244 cm³/mol. The summed E-state index contributed by atoms with van der Waals surface area (Å²) in [6.07, 6.45) is 31.4. The van der Waals surface area contributed by atoms with Gasteiger partial charge in [0, 0.05) is 29.6 Å². The van der Waals surface area contributed by atoms with Gasteiger partial charge >= 0.3 is 0 Å². The largest absolute Gasteiger partial charge is 0.0767 e. The third-order valence-electron chi connectivity index (χ3n) is 12.9. The Balaban J connectivity index is 1.14. The molecular formula is C58H44. The number of hydrogen-bond donors (Lipinski definition) is 0. The molecule has 0 N–H and O–H groups in total. The van der Waals surface area contributed by atoms with Gasteiger partial charge in [0.15, 0.2) is 0 Å². The van der Waals surface area contributed by atoms with E-state index in [9.17, 15) is 0 Å². The van der Waals surface area contributed by atoms with Crippen LogP contribution in [0.4, 0.5) is 0 Å². The van der Waals surface area contributed by atoms with Gasteiger partial charge in [-0.05, 0) is 113 Å². The van der Waals surface area contributed by atoms with E-state index in [2.05, 4.69) is 225 Å². The van der Waals surface area contributed by atoms with Crippen LogP contribution in [0.5, 0.6) is 0 Å². The van der Waals surface area contributed by atoms with E-state index < -0.39 is 0 Å². The van der Waals surface area contributed by atoms with Gasteiger partial charge in [-0.25, -0.2) is 0 Å². The molecule has 0 aliphatic heterocycles. The Kier molecular flexibility index (Phi) is 8.70. The summed E-state index contributed by atoms with van der Waals surface area (Å²) in [5.41, 5.74) is 17.1. The Hall–Kier alpha value is -6.76. The van der Waals surface area contributed by atoms with E-state index in [4.69, 9.17) is 0 Å². The first-order chi connectivity index (χ1) is 28.7. The lowest BCUT2D eigenvalue weighted by Gasteiger charge is -2.34. The minimum absolute atomic E-state index is 0.172. The molecule has 0 fully saturated rings. The van der Waals surface area contributed by atoms with Gasteiger partial charge in [-0.1, -0.05) is 200 Å². The average Bonchev–Trinajstić information content (AvgIpc) is 3.30. The minimum Gasteiger partial charge on any atom is -0.0767 e. The fraction of sp³-hybridized carbons (Fsp3) is 0.103. The van der Waals surface area contributed by atoms with Gasteiger partial charge in [0.1, 0.15) is 0 Å². The van der Waals surface area contributed by atoms with Gasteiger partial charge in [0.05, 0.1) is 0 Å². The smallest absolute Gasteiger partial charge is 0.0137 e. The lowest BCUT2D eigenvalue weighted by atomic mass is 9.69. The highest BCUT2D eigenvalue weighted by molar-refractivity contribution is 5.87. The van der Waals surface area contributed by atoms with Crippen LogP contribution in [0.3, 0.4) is 0 Å². The van der Waals surface area contributed by atoms with Gasteiger partial charge in [-0.2, -0.15) is 0 Å². The molecule has 0 spiro atoms. The van der Waals surface area contributed by atoms with E-state index in [1.165, 1.54) is 82.8 Å². The molecule has 5 aliphatic rings. The Morgan fingerprint density at radius 1 is 0.379 bits per heavy atom. The van der Waals surface area contributed by atoms with Crippen molar-refractivity contribution in [2.45, 2.75) is 12.3 Å². The Bertz CT molecular complexity index is 2920. The first kappa shape index (κ1) is 34.5. The fourth-order valence-electron chi connectivity index (χ4n) is 10.0. The predicted octanol–water partition coefficient (Wildman–Crippen LogP) is 12.5. The summed E-state index contributed by atoms with van der Waals surface area (Å²) in [4.78, 5) is 0. The summed E-state index contributed by atoms with van der Waals surface area (Å²) in [5.74, 6) is 1.44. The molecule has 0 heterocycles. The molecule has 0 bridgehead atoms. The van der Waals surface area contributed by atoms with E-state index in [1.807, 2.05) is 0 Å². The second-order valence-corrected chi connectivity index (χ2v) is 16.3. The maximum atomic E-state index is 2.51. The van der Waals surface area contributed by atoms with Crippen molar-refractivity contribution in [1.82, 2.24) is 0 Å². The monoisotopic (exact) mass is 740 g/mol. The lowest BCUT2D eigenvalue weighted by Crippen LogP contribution is -2.40. The highest BCUT2D eigenvalue weighted by Gasteiger charge is 2.33. The van der Waals surface area contributed by atoms with Crippen molar-refractivity contribution in [1.29, 1.82) is 0 Å². The second kappa shape index (κ2) is 14.6. The number of benzene rings is 6. The van der Waals surface area contributed by atoms with Gasteiger partial charge in [0.2, 0.25) is 0 Å². The lowest BCUT2D eigenvalue weighted by molar-refractivity contribution is 0.663. The van der Waals surface area contributed by atoms with Crippen LogP contribution in [0, 0.1) is 23.7 Å². The molecule has 6 aromatic carbocycles. The fourth-order valence-corrected chi connectivity index (χ4v) is 10.0. The zero-order valence-electron chi connectivity index (χ0n) is 32.5. The number of hydrogen-bond acceptors (Lipinski definition) is 0. The van der Waals surface area contributed by atoms with Crippen molar-refractivity contribution >= 4 is 22.8 Å². The molecule has 276 valence electrons. The molecule has 0 saturated carbocycles. The molecule has 5 atom stereocenters. The molecule has 0 saturated heterocycles. The van der Waals surface area contributed by atoms with Crippen molar-refractivity contribution in [2.24, 2.45) is 23.7 Å². The molecule has 11 rings (SSSR count). The van der Waals surface area contributed by atoms with Gasteiger partial charge in [0.25, 0.3) is 0 Å². The van der Waals surface area contributed by atoms with Crippen LogP contribution in [-0.4, -0.2) is 0 Å². The standard InChI is InChI=1S/C58H44/c1-3-15-39(16-4-1)47-33-49(45-29-27-41-19-7-9-21-43(41)31-45)37-51(35-47)57-53-23-11-13-25-55(53)58(56-26-14-12-24-54(56)57)52-36-48(40-17-5-2-6-18-40)34-50(38-52)46-30-28-42-20-8-10-22-44(42)32-46/h1-31,33-38,41,43,46,53,55H,32H2. The molecule has 0 amide bonds. The van der Waals surface area contributed by atoms with Crippen LogP contribution >= 0.6 is 0 Å². The number of fused-ring (bicyclic) bond motifs is 4. The summed E-state index contributed by atoms with van der Waals surface area (Å²) >= 11 is 0. The van der Waals surface area contributed by atoms with E-state index in [0.29, 0.717) is 17.8 Å². The summed E-state index contributed by atoms with van der Waals surface area (Å²) in [7, 11) is 0. The summed E-state index contributed by atoms with van der Waals surface area (Å²) in [6.45, 7) is 0. The molecule has 58 heavy (non-hydrogen) atoms. The van der Waals surface area contributed by atoms with Gasteiger partial charge in [-0.3, -0.25) is 0 Å². The average molecular weight is 741 g/mol. The Labute approximate surface area is 342 Å². The van der Waals surface area contributed by atoms with Crippen molar-refractivity contribution in [3.8, 4) is 22.3 Å². The van der Waals surface area contributed by atoms with Crippen LogP contribution in [0.2, 0.25) is 0 Å². The van der Waals surface area contributed by atoms with Crippen molar-refractivity contribution in [3.05, 3.63) is 262 Å². The van der Waals surface area contributed by atoms with Crippen LogP contribution in [-0.2, 0) is 6.42 Å². The summed E-state index contributed by atoms with van der Waals surface area (Å²) in [5, 5.41) is 2.64. The van der Waals surface area contributed by atoms with Crippen LogP contribution in [0.25, 0.3) is 45.0 Å². The van der Waals surface area contributed by atoms with Crippen molar-refractivity contribution in [2.75, 3.05) is 0 Å². The maximum Gasteiger partial charge on any atom is 0.0137 e. The van der Waals surface area contributed by atoms with Crippen molar-refractivity contribution < 1.29 is 0 Å². The van der Waals surface area contributed by atoms with Crippen molar-refractivity contribution in [3.63, 3.8) is 0 Å². The third-order valence-corrected chi connectivity index (χ3v) is 12.9. The molecule has 0 aromatic heterocycles. The Morgan fingerprint density at radius 3 is 1.62 bits per heavy atom. The van der Waals surface area contributed by atoms with E-state index in [1.54, 1.807) is 0 Å². The number of allylic oxidation sites excluding steroid dienone is 13. The molecule has 6 aromatic rings. The highest BCUT2D eigenvalue weighted by atomic mass is 14.4. The van der Waals surface area contributed by atoms with E-state index in [0.717, 1.165) is 6.42 Å². The molecule has 0 radical (unpaired) electrons. The molecular weight excluding hydrogens is 697 g/mol. The first-order valence-electron chi connectivity index (χ1n) is 20.9. The molecule has 5 unspecified atom stereocenters. The van der Waals surface area contributed by atoms with E-state index in [-0.39, 0.29) is 11.8 Å². The van der Waals surface area contributed by atoms with Crippen LogP contribution < -0.4 is 10.4 Å². The normalized spacial score (nSPS) is 22.2. The summed E-state index contributed by atoms with van der Waals surface area (Å²) in [6, 6.07) is 54.6. The quantitative estimate of drug-likeness (QED) is 0.160. The number of rotatable bonds is 6. The Morgan fingerprint density at radius 2 is 0.914 bits per heavy atom. The topological polar surface area (TPSA) is 0 Å². The molecule has 5 aliphatic carbocycles. The maximum absolute atomic E-state index is 2.51. The zero-order valence-corrected chi connectivity index (χ0v) is 32.5. The second-order valence-electron chi connectivity index (χ2n) is 16.3. The van der Waals surface area contributed by atoms with Gasteiger partial charge in [-0.15, -0.1) is 0 Å². The zero-order chi connectivity index (χ0) is 38.4. The summed E-state index contributed by atoms with van der Waals surface area (Å²) < 4.78 is 0. The molecule has 0 heteroatoms. The SMILES string of the molecule is C1=CC2C=CC(c3cc(C4=c5ccccc5=C(c5cc(-c6ccccc6)cc(C6C=Cc7ccccc7C6)c5)C5C=CC=CC45)cc(-c4ccccc4)c3)=CC2C=C1.